The zero-order valence-electron chi connectivity index (χ0n) is 18.5. The van der Waals surface area contributed by atoms with Crippen molar-refractivity contribution in [2.75, 3.05) is 6.61 Å². The number of hydrogen-bond donors (Lipinski definition) is 1. The van der Waals surface area contributed by atoms with E-state index in [1.165, 1.54) is 77.0 Å². The second-order valence-electron chi connectivity index (χ2n) is 12.9. The van der Waals surface area contributed by atoms with Crippen LogP contribution in [0.5, 0.6) is 0 Å². The minimum Gasteiger partial charge on any atom is -0.396 e. The first-order valence-corrected chi connectivity index (χ1v) is 12.4. The molecule has 0 aromatic carbocycles. The average Bonchev–Trinajstić information content (AvgIpc) is 3.05. The number of rotatable bonds is 1. The molecule has 0 amide bonds. The summed E-state index contributed by atoms with van der Waals surface area (Å²) in [6.45, 7) is 11.1. The van der Waals surface area contributed by atoms with Crippen LogP contribution in [-0.2, 0) is 0 Å². The third-order valence-electron chi connectivity index (χ3n) is 11.8. The molecule has 0 saturated heterocycles. The Balaban J connectivity index is 1.48. The van der Waals surface area contributed by atoms with Crippen molar-refractivity contribution in [2.45, 2.75) is 105 Å². The van der Waals surface area contributed by atoms with E-state index in [-0.39, 0.29) is 0 Å². The molecule has 154 valence electrons. The van der Waals surface area contributed by atoms with Crippen LogP contribution in [0.2, 0.25) is 0 Å². The van der Waals surface area contributed by atoms with Crippen molar-refractivity contribution in [2.24, 2.45) is 51.2 Å². The highest BCUT2D eigenvalue weighted by atomic mass is 16.3. The van der Waals surface area contributed by atoms with Crippen LogP contribution in [0.25, 0.3) is 0 Å². The molecule has 0 heterocycles. The maximum absolute atomic E-state index is 10.3. The minimum atomic E-state index is 0.318. The Bertz CT molecular complexity index is 595. The van der Waals surface area contributed by atoms with Gasteiger partial charge in [-0.25, -0.2) is 0 Å². The van der Waals surface area contributed by atoms with Crippen molar-refractivity contribution < 1.29 is 5.11 Å². The monoisotopic (exact) mass is 372 g/mol. The van der Waals surface area contributed by atoms with Gasteiger partial charge in [0.15, 0.2) is 0 Å². The quantitative estimate of drug-likeness (QED) is 0.534. The molecule has 8 unspecified atom stereocenters. The van der Waals surface area contributed by atoms with E-state index < -0.39 is 0 Å². The molecule has 0 aromatic heterocycles. The fraction of sp³-hybridized carbons (Fsp3) is 1.00. The van der Waals surface area contributed by atoms with Crippen LogP contribution < -0.4 is 0 Å². The summed E-state index contributed by atoms with van der Waals surface area (Å²) in [4.78, 5) is 0. The smallest absolute Gasteiger partial charge is 0.0490 e. The fourth-order valence-corrected chi connectivity index (χ4v) is 10.7. The highest BCUT2D eigenvalue weighted by Crippen LogP contribution is 2.72. The van der Waals surface area contributed by atoms with E-state index >= 15 is 0 Å². The van der Waals surface area contributed by atoms with E-state index in [0.717, 1.165) is 29.6 Å². The zero-order chi connectivity index (χ0) is 19.1. The SMILES string of the molecule is CC1(C)CCCC2(C)C1CCC1(C)C3CCC4(CO)CCCC4C3CCC12. The molecule has 5 rings (SSSR count). The molecule has 0 aromatic rings. The molecule has 5 saturated carbocycles. The predicted molar refractivity (Wildman–Crippen MR) is 112 cm³/mol. The van der Waals surface area contributed by atoms with Gasteiger partial charge in [-0.3, -0.25) is 0 Å². The molecule has 8 atom stereocenters. The van der Waals surface area contributed by atoms with E-state index in [4.69, 9.17) is 0 Å². The molecule has 0 radical (unpaired) electrons. The van der Waals surface area contributed by atoms with Gasteiger partial charge in [-0.15, -0.1) is 0 Å². The van der Waals surface area contributed by atoms with Crippen molar-refractivity contribution in [1.29, 1.82) is 0 Å². The predicted octanol–water partition coefficient (Wildman–Crippen LogP) is 6.83. The summed E-state index contributed by atoms with van der Waals surface area (Å²) < 4.78 is 0. The van der Waals surface area contributed by atoms with E-state index in [0.29, 0.717) is 28.3 Å². The number of hydrogen-bond acceptors (Lipinski definition) is 1. The molecule has 1 N–H and O–H groups in total. The molecule has 1 heteroatoms. The van der Waals surface area contributed by atoms with Crippen LogP contribution in [-0.4, -0.2) is 11.7 Å². The molecule has 5 aliphatic rings. The van der Waals surface area contributed by atoms with Crippen molar-refractivity contribution in [3.63, 3.8) is 0 Å². The summed E-state index contributed by atoms with van der Waals surface area (Å²) in [5, 5.41) is 10.3. The van der Waals surface area contributed by atoms with E-state index in [9.17, 15) is 5.11 Å². The van der Waals surface area contributed by atoms with Gasteiger partial charge in [0.1, 0.15) is 0 Å². The molecule has 5 aliphatic carbocycles. The maximum atomic E-state index is 10.3. The normalized spacial score (nSPS) is 56.6. The van der Waals surface area contributed by atoms with Crippen molar-refractivity contribution in [3.8, 4) is 0 Å². The van der Waals surface area contributed by atoms with Gasteiger partial charge in [-0.1, -0.05) is 40.5 Å². The summed E-state index contributed by atoms with van der Waals surface area (Å²) in [7, 11) is 0. The lowest BCUT2D eigenvalue weighted by atomic mass is 9.36. The average molecular weight is 373 g/mol. The van der Waals surface area contributed by atoms with Gasteiger partial charge in [0, 0.05) is 6.61 Å². The Morgan fingerprint density at radius 3 is 2.26 bits per heavy atom. The van der Waals surface area contributed by atoms with Crippen LogP contribution in [0.3, 0.4) is 0 Å². The molecule has 5 fully saturated rings. The van der Waals surface area contributed by atoms with Crippen LogP contribution >= 0.6 is 0 Å². The lowest BCUT2D eigenvalue weighted by Crippen LogP contribution is -2.61. The first kappa shape index (κ1) is 19.0. The summed E-state index contributed by atoms with van der Waals surface area (Å²) in [5.74, 6) is 4.60. The number of fused-ring (bicyclic) bond motifs is 7. The molecule has 0 spiro atoms. The van der Waals surface area contributed by atoms with E-state index in [1.807, 2.05) is 0 Å². The standard InChI is InChI=1S/C26H44O/c1-23(2)12-6-13-25(4)21(23)11-15-24(3)19-10-16-26(17-27)14-5-7-20(26)18(19)8-9-22(24)25/h18-22,27H,5-17H2,1-4H3. The van der Waals surface area contributed by atoms with Crippen molar-refractivity contribution >= 4 is 0 Å². The molecule has 0 aliphatic heterocycles. The summed E-state index contributed by atoms with van der Waals surface area (Å²) in [6, 6.07) is 0. The van der Waals surface area contributed by atoms with Gasteiger partial charge in [0.05, 0.1) is 0 Å². The molecule has 0 bridgehead atoms. The van der Waals surface area contributed by atoms with Gasteiger partial charge < -0.3 is 5.11 Å². The number of aliphatic hydroxyl groups is 1. The van der Waals surface area contributed by atoms with Gasteiger partial charge in [-0.05, 0) is 115 Å². The Labute approximate surface area is 168 Å². The Morgan fingerprint density at radius 2 is 1.48 bits per heavy atom. The maximum Gasteiger partial charge on any atom is 0.0490 e. The largest absolute Gasteiger partial charge is 0.396 e. The van der Waals surface area contributed by atoms with Gasteiger partial charge in [-0.2, -0.15) is 0 Å². The highest BCUT2D eigenvalue weighted by Gasteiger charge is 2.64. The van der Waals surface area contributed by atoms with Gasteiger partial charge in [0.2, 0.25) is 0 Å². The summed E-state index contributed by atoms with van der Waals surface area (Å²) in [5.41, 5.74) is 2.03. The fourth-order valence-electron chi connectivity index (χ4n) is 10.7. The first-order valence-electron chi connectivity index (χ1n) is 12.4. The third kappa shape index (κ3) is 2.39. The Kier molecular flexibility index (Phi) is 4.21. The highest BCUT2D eigenvalue weighted by molar-refractivity contribution is 5.14. The number of aliphatic hydroxyl groups excluding tert-OH is 1. The van der Waals surface area contributed by atoms with E-state index in [2.05, 4.69) is 27.7 Å². The zero-order valence-corrected chi connectivity index (χ0v) is 18.5. The Morgan fingerprint density at radius 1 is 0.667 bits per heavy atom. The first-order chi connectivity index (χ1) is 12.8. The van der Waals surface area contributed by atoms with Crippen LogP contribution in [0.4, 0.5) is 0 Å². The molecular formula is C26H44O. The van der Waals surface area contributed by atoms with Crippen molar-refractivity contribution in [3.05, 3.63) is 0 Å². The minimum absolute atomic E-state index is 0.318. The van der Waals surface area contributed by atoms with E-state index in [1.54, 1.807) is 0 Å². The summed E-state index contributed by atoms with van der Waals surface area (Å²) in [6.07, 6.45) is 17.2. The Hall–Kier alpha value is -0.0400. The van der Waals surface area contributed by atoms with Crippen LogP contribution in [0.1, 0.15) is 105 Å². The molecule has 27 heavy (non-hydrogen) atoms. The van der Waals surface area contributed by atoms with Crippen molar-refractivity contribution in [1.82, 2.24) is 0 Å². The molecular weight excluding hydrogens is 328 g/mol. The molecule has 1 nitrogen and oxygen atoms in total. The second-order valence-corrected chi connectivity index (χ2v) is 12.9. The van der Waals surface area contributed by atoms with Crippen LogP contribution in [0, 0.1) is 51.2 Å². The lowest BCUT2D eigenvalue weighted by molar-refractivity contribution is -0.197. The summed E-state index contributed by atoms with van der Waals surface area (Å²) >= 11 is 0. The van der Waals surface area contributed by atoms with Crippen LogP contribution in [0.15, 0.2) is 0 Å². The third-order valence-corrected chi connectivity index (χ3v) is 11.8. The van der Waals surface area contributed by atoms with Gasteiger partial charge >= 0.3 is 0 Å². The van der Waals surface area contributed by atoms with Gasteiger partial charge in [0.25, 0.3) is 0 Å². The second kappa shape index (κ2) is 5.99. The topological polar surface area (TPSA) is 20.2 Å². The lowest BCUT2D eigenvalue weighted by Gasteiger charge is -2.68.